The molecule has 1 saturated carbocycles. The Morgan fingerprint density at radius 1 is 1.18 bits per heavy atom. The van der Waals surface area contributed by atoms with Crippen LogP contribution in [0.1, 0.15) is 44.2 Å². The number of aromatic nitrogens is 3. The van der Waals surface area contributed by atoms with Crippen LogP contribution < -0.4 is 10.1 Å². The Morgan fingerprint density at radius 2 is 1.97 bits per heavy atom. The summed E-state index contributed by atoms with van der Waals surface area (Å²) in [6.07, 6.45) is 10.1. The largest absolute Gasteiger partial charge is 0.488 e. The van der Waals surface area contributed by atoms with Gasteiger partial charge in [-0.3, -0.25) is 4.79 Å². The minimum atomic E-state index is 0.0363. The van der Waals surface area contributed by atoms with Gasteiger partial charge in [0.25, 0.3) is 0 Å². The van der Waals surface area contributed by atoms with Crippen molar-refractivity contribution < 1.29 is 9.53 Å². The number of piperidine rings is 1. The van der Waals surface area contributed by atoms with Crippen molar-refractivity contribution in [3.05, 3.63) is 42.4 Å². The first-order chi connectivity index (χ1) is 16.1. The first-order valence-electron chi connectivity index (χ1n) is 11.7. The molecule has 2 aliphatic heterocycles. The smallest absolute Gasteiger partial charge is 0.228 e. The van der Waals surface area contributed by atoms with Gasteiger partial charge in [0.05, 0.1) is 11.7 Å². The number of nitrogens with one attached hydrogen (secondary N) is 1. The van der Waals surface area contributed by atoms with Gasteiger partial charge in [-0.25, -0.2) is 9.50 Å². The summed E-state index contributed by atoms with van der Waals surface area (Å²) in [6, 6.07) is 10.9. The number of anilines is 1. The molecule has 3 aliphatic rings. The molecule has 1 aliphatic carbocycles. The molecule has 168 valence electrons. The molecule has 33 heavy (non-hydrogen) atoms. The van der Waals surface area contributed by atoms with Crippen molar-refractivity contribution in [2.75, 3.05) is 12.4 Å². The summed E-state index contributed by atoms with van der Waals surface area (Å²) in [5.74, 6) is 1.42. The van der Waals surface area contributed by atoms with Crippen LogP contribution in [0.4, 0.5) is 5.82 Å². The standard InChI is InChI=1S/C25H26N6O2/c1-30-18-4-5-19(30)11-21(10-18)33-23-14-27-17(13-26)9-22(23)16-6-7-31-20(8-16)12-24(29-31)28-25(32)15-2-3-15/h6-9,12,14-15,18-19,21H,2-5,10-11H2,1H3,(H,28,29,32)/t18-,19+,21?. The lowest BCUT2D eigenvalue weighted by Crippen LogP contribution is -2.43. The van der Waals surface area contributed by atoms with Crippen LogP contribution in [0.2, 0.25) is 0 Å². The molecule has 8 heteroatoms. The van der Waals surface area contributed by atoms with Gasteiger partial charge >= 0.3 is 0 Å². The van der Waals surface area contributed by atoms with Gasteiger partial charge in [-0.2, -0.15) is 10.4 Å². The summed E-state index contributed by atoms with van der Waals surface area (Å²) in [5.41, 5.74) is 2.98. The highest BCUT2D eigenvalue weighted by Crippen LogP contribution is 2.38. The Hall–Kier alpha value is -3.44. The lowest BCUT2D eigenvalue weighted by atomic mass is 10.00. The summed E-state index contributed by atoms with van der Waals surface area (Å²) in [4.78, 5) is 18.9. The second-order valence-electron chi connectivity index (χ2n) is 9.52. The van der Waals surface area contributed by atoms with E-state index in [1.54, 1.807) is 16.8 Å². The van der Waals surface area contributed by atoms with Crippen LogP contribution in [-0.4, -0.2) is 50.6 Å². The van der Waals surface area contributed by atoms with Crippen LogP contribution in [0.15, 0.2) is 36.7 Å². The summed E-state index contributed by atoms with van der Waals surface area (Å²) < 4.78 is 8.24. The lowest BCUT2D eigenvalue weighted by Gasteiger charge is -2.36. The first kappa shape index (κ1) is 20.2. The van der Waals surface area contributed by atoms with E-state index in [1.165, 1.54) is 12.8 Å². The zero-order chi connectivity index (χ0) is 22.5. The molecule has 0 spiro atoms. The molecule has 3 atom stereocenters. The van der Waals surface area contributed by atoms with Crippen LogP contribution in [0.25, 0.3) is 16.6 Å². The van der Waals surface area contributed by atoms with Crippen LogP contribution >= 0.6 is 0 Å². The summed E-state index contributed by atoms with van der Waals surface area (Å²) in [5, 5.41) is 16.8. The Kier molecular flexibility index (Phi) is 4.80. The lowest BCUT2D eigenvalue weighted by molar-refractivity contribution is -0.117. The SMILES string of the molecule is CN1[C@@H]2CC[C@H]1CC(Oc1cnc(C#N)cc1-c1ccn3nc(NC(=O)C4CC4)cc3c1)C2. The minimum absolute atomic E-state index is 0.0363. The molecule has 5 heterocycles. The fourth-order valence-electron chi connectivity index (χ4n) is 5.26. The molecule has 0 aromatic carbocycles. The number of hydrogen-bond acceptors (Lipinski definition) is 6. The van der Waals surface area contributed by atoms with Crippen molar-refractivity contribution in [3.8, 4) is 22.9 Å². The normalized spacial score (nSPS) is 24.5. The van der Waals surface area contributed by atoms with Crippen LogP contribution in [-0.2, 0) is 4.79 Å². The average Bonchev–Trinajstić information content (AvgIpc) is 3.56. The number of hydrogen-bond donors (Lipinski definition) is 1. The number of rotatable bonds is 5. The fourth-order valence-corrected chi connectivity index (χ4v) is 5.26. The average molecular weight is 443 g/mol. The van der Waals surface area contributed by atoms with E-state index in [0.717, 1.165) is 42.3 Å². The molecular weight excluding hydrogens is 416 g/mol. The Labute approximate surface area is 192 Å². The third-order valence-electron chi connectivity index (χ3n) is 7.30. The summed E-state index contributed by atoms with van der Waals surface area (Å²) >= 11 is 0. The number of amides is 1. The monoisotopic (exact) mass is 442 g/mol. The van der Waals surface area contributed by atoms with E-state index in [2.05, 4.69) is 33.4 Å². The second-order valence-corrected chi connectivity index (χ2v) is 9.52. The highest BCUT2D eigenvalue weighted by molar-refractivity contribution is 5.93. The van der Waals surface area contributed by atoms with Gasteiger partial charge in [-0.05, 0) is 69.3 Å². The Bertz CT molecular complexity index is 1260. The van der Waals surface area contributed by atoms with Crippen molar-refractivity contribution in [2.24, 2.45) is 5.92 Å². The van der Waals surface area contributed by atoms with E-state index in [9.17, 15) is 10.1 Å². The molecular formula is C25H26N6O2. The first-order valence-corrected chi connectivity index (χ1v) is 11.7. The molecule has 2 bridgehead atoms. The van der Waals surface area contributed by atoms with Crippen molar-refractivity contribution in [1.82, 2.24) is 19.5 Å². The molecule has 6 rings (SSSR count). The van der Waals surface area contributed by atoms with E-state index >= 15 is 0 Å². The number of nitrogens with zero attached hydrogens (tertiary/aromatic N) is 5. The predicted octanol–water partition coefficient (Wildman–Crippen LogP) is 3.62. The van der Waals surface area contributed by atoms with Crippen molar-refractivity contribution in [3.63, 3.8) is 0 Å². The van der Waals surface area contributed by atoms with Gasteiger partial charge in [-0.15, -0.1) is 0 Å². The van der Waals surface area contributed by atoms with Gasteiger partial charge in [0.2, 0.25) is 5.91 Å². The number of carbonyl (C=O) groups is 1. The molecule has 3 aromatic heterocycles. The number of pyridine rings is 2. The Balaban J connectivity index is 1.30. The molecule has 1 unspecified atom stereocenters. The minimum Gasteiger partial charge on any atom is -0.488 e. The summed E-state index contributed by atoms with van der Waals surface area (Å²) in [7, 11) is 2.22. The third-order valence-corrected chi connectivity index (χ3v) is 7.30. The second kappa shape index (κ2) is 7.85. The van der Waals surface area contributed by atoms with Gasteiger partial charge in [0.1, 0.15) is 23.6 Å². The fraction of sp³-hybridized carbons (Fsp3) is 0.440. The van der Waals surface area contributed by atoms with Crippen LogP contribution in [0.5, 0.6) is 5.75 Å². The molecule has 3 aromatic rings. The van der Waals surface area contributed by atoms with E-state index in [0.29, 0.717) is 29.3 Å². The van der Waals surface area contributed by atoms with Crippen LogP contribution in [0, 0.1) is 17.2 Å². The highest BCUT2D eigenvalue weighted by atomic mass is 16.5. The van der Waals surface area contributed by atoms with Crippen molar-refractivity contribution >= 4 is 17.2 Å². The quantitative estimate of drug-likeness (QED) is 0.648. The van der Waals surface area contributed by atoms with Crippen molar-refractivity contribution in [1.29, 1.82) is 5.26 Å². The maximum absolute atomic E-state index is 12.1. The van der Waals surface area contributed by atoms with E-state index < -0.39 is 0 Å². The highest BCUT2D eigenvalue weighted by Gasteiger charge is 2.39. The molecule has 0 radical (unpaired) electrons. The van der Waals surface area contributed by atoms with E-state index in [4.69, 9.17) is 4.74 Å². The molecule has 1 amide bonds. The zero-order valence-corrected chi connectivity index (χ0v) is 18.6. The number of carbonyl (C=O) groups excluding carboxylic acids is 1. The maximum Gasteiger partial charge on any atom is 0.228 e. The Morgan fingerprint density at radius 3 is 2.70 bits per heavy atom. The number of fused-ring (bicyclic) bond motifs is 3. The molecule has 1 N–H and O–H groups in total. The topological polar surface area (TPSA) is 95.6 Å². The van der Waals surface area contributed by atoms with Gasteiger partial charge in [0.15, 0.2) is 5.82 Å². The third kappa shape index (κ3) is 3.83. The summed E-state index contributed by atoms with van der Waals surface area (Å²) in [6.45, 7) is 0. The number of ether oxygens (including phenoxy) is 1. The molecule has 2 saturated heterocycles. The molecule has 8 nitrogen and oxygen atoms in total. The van der Waals surface area contributed by atoms with E-state index in [1.807, 2.05) is 24.4 Å². The van der Waals surface area contributed by atoms with Crippen molar-refractivity contribution in [2.45, 2.75) is 56.7 Å². The van der Waals surface area contributed by atoms with E-state index in [-0.39, 0.29) is 17.9 Å². The van der Waals surface area contributed by atoms with Gasteiger partial charge in [0, 0.05) is 35.8 Å². The van der Waals surface area contributed by atoms with Gasteiger partial charge < -0.3 is 15.0 Å². The molecule has 3 fully saturated rings. The maximum atomic E-state index is 12.1. The number of nitriles is 1. The van der Waals surface area contributed by atoms with Gasteiger partial charge in [-0.1, -0.05) is 0 Å². The van der Waals surface area contributed by atoms with Crippen LogP contribution in [0.3, 0.4) is 0 Å². The zero-order valence-electron chi connectivity index (χ0n) is 18.6. The predicted molar refractivity (Wildman–Crippen MR) is 123 cm³/mol.